The second-order valence-electron chi connectivity index (χ2n) is 4.87. The number of carbonyl (C=O) groups is 1. The van der Waals surface area contributed by atoms with Crippen LogP contribution in [-0.4, -0.2) is 11.1 Å². The zero-order valence-corrected chi connectivity index (χ0v) is 12.2. The quantitative estimate of drug-likeness (QED) is 0.898. The van der Waals surface area contributed by atoms with Crippen LogP contribution in [0.1, 0.15) is 29.5 Å². The maximum absolute atomic E-state index is 11.1. The van der Waals surface area contributed by atoms with Gasteiger partial charge in [0.25, 0.3) is 0 Å². The molecule has 20 heavy (non-hydrogen) atoms. The summed E-state index contributed by atoms with van der Waals surface area (Å²) in [6.07, 6.45) is 0. The van der Waals surface area contributed by atoms with Gasteiger partial charge in [0.15, 0.2) is 0 Å². The molecule has 0 aliphatic heterocycles. The Morgan fingerprint density at radius 2 is 2.05 bits per heavy atom. The number of anilines is 2. The van der Waals surface area contributed by atoms with E-state index in [0.29, 0.717) is 6.54 Å². The lowest BCUT2D eigenvalue weighted by atomic mass is 10.1. The fourth-order valence-electron chi connectivity index (χ4n) is 2.05. The van der Waals surface area contributed by atoms with Gasteiger partial charge in [-0.2, -0.15) is 0 Å². The average molecular weight is 273 g/mol. The molecular weight excluding hydrogens is 254 g/mol. The number of rotatable bonds is 4. The first-order chi connectivity index (χ1) is 9.47. The van der Waals surface area contributed by atoms with Gasteiger partial charge in [-0.15, -0.1) is 0 Å². The molecule has 2 N–H and O–H groups in total. The molecule has 0 aliphatic rings. The number of nitrogens with zero attached hydrogens (tertiary/aromatic N) is 1. The third kappa shape index (κ3) is 3.17. The standard InChI is InChI=1S/C15H19N3O2/c1-9-7-13(5-6-15(9)17-12(4)19)16-8-14-10(2)18-20-11(14)3/h5-7,16H,8H2,1-4H3,(H,17,19). The molecule has 0 bridgehead atoms. The van der Waals surface area contributed by atoms with Crippen molar-refractivity contribution < 1.29 is 9.32 Å². The summed E-state index contributed by atoms with van der Waals surface area (Å²) in [5, 5.41) is 10.1. The molecule has 0 unspecified atom stereocenters. The second-order valence-corrected chi connectivity index (χ2v) is 4.87. The van der Waals surface area contributed by atoms with Gasteiger partial charge in [0.2, 0.25) is 5.91 Å². The van der Waals surface area contributed by atoms with Crippen molar-refractivity contribution in [3.05, 3.63) is 40.8 Å². The van der Waals surface area contributed by atoms with Crippen molar-refractivity contribution in [1.29, 1.82) is 0 Å². The van der Waals surface area contributed by atoms with Crippen LogP contribution in [0.15, 0.2) is 22.7 Å². The molecule has 0 spiro atoms. The van der Waals surface area contributed by atoms with Crippen molar-refractivity contribution in [3.63, 3.8) is 0 Å². The molecule has 1 aromatic heterocycles. The van der Waals surface area contributed by atoms with Crippen molar-refractivity contribution in [2.24, 2.45) is 0 Å². The van der Waals surface area contributed by atoms with Gasteiger partial charge >= 0.3 is 0 Å². The summed E-state index contributed by atoms with van der Waals surface area (Å²) in [5.41, 5.74) is 4.83. The Bertz CT molecular complexity index is 613. The van der Waals surface area contributed by atoms with E-state index in [2.05, 4.69) is 15.8 Å². The normalized spacial score (nSPS) is 10.4. The molecule has 0 fully saturated rings. The molecule has 0 aliphatic carbocycles. The topological polar surface area (TPSA) is 67.2 Å². The van der Waals surface area contributed by atoms with Crippen molar-refractivity contribution in [2.45, 2.75) is 34.2 Å². The molecule has 1 heterocycles. The van der Waals surface area contributed by atoms with E-state index in [-0.39, 0.29) is 5.91 Å². The molecule has 2 rings (SSSR count). The van der Waals surface area contributed by atoms with Crippen molar-refractivity contribution in [1.82, 2.24) is 5.16 Å². The number of carbonyl (C=O) groups excluding carboxylic acids is 1. The molecule has 5 nitrogen and oxygen atoms in total. The Morgan fingerprint density at radius 1 is 1.30 bits per heavy atom. The van der Waals surface area contributed by atoms with E-state index >= 15 is 0 Å². The summed E-state index contributed by atoms with van der Waals surface area (Å²) in [5.74, 6) is 0.770. The van der Waals surface area contributed by atoms with Crippen LogP contribution in [0.5, 0.6) is 0 Å². The number of aromatic nitrogens is 1. The van der Waals surface area contributed by atoms with Crippen LogP contribution in [0.2, 0.25) is 0 Å². The van der Waals surface area contributed by atoms with Crippen molar-refractivity contribution >= 4 is 17.3 Å². The van der Waals surface area contributed by atoms with Gasteiger partial charge in [-0.25, -0.2) is 0 Å². The molecule has 0 atom stereocenters. The molecule has 1 aromatic carbocycles. The van der Waals surface area contributed by atoms with Crippen molar-refractivity contribution in [2.75, 3.05) is 10.6 Å². The third-order valence-corrected chi connectivity index (χ3v) is 3.19. The molecule has 0 radical (unpaired) electrons. The maximum atomic E-state index is 11.1. The zero-order valence-electron chi connectivity index (χ0n) is 12.2. The highest BCUT2D eigenvalue weighted by molar-refractivity contribution is 5.89. The number of hydrogen-bond acceptors (Lipinski definition) is 4. The van der Waals surface area contributed by atoms with Gasteiger partial charge in [0.1, 0.15) is 5.76 Å². The fraction of sp³-hybridized carbons (Fsp3) is 0.333. The maximum Gasteiger partial charge on any atom is 0.221 e. The van der Waals surface area contributed by atoms with Gasteiger partial charge in [-0.3, -0.25) is 4.79 Å². The molecule has 2 aromatic rings. The lowest BCUT2D eigenvalue weighted by molar-refractivity contribution is -0.114. The predicted molar refractivity (Wildman–Crippen MR) is 78.8 cm³/mol. The lowest BCUT2D eigenvalue weighted by Crippen LogP contribution is -2.07. The van der Waals surface area contributed by atoms with Gasteiger partial charge in [0.05, 0.1) is 5.69 Å². The van der Waals surface area contributed by atoms with E-state index in [1.165, 1.54) is 6.92 Å². The van der Waals surface area contributed by atoms with Crippen LogP contribution in [0.25, 0.3) is 0 Å². The minimum Gasteiger partial charge on any atom is -0.381 e. The van der Waals surface area contributed by atoms with E-state index in [9.17, 15) is 4.79 Å². The minimum atomic E-state index is -0.0652. The van der Waals surface area contributed by atoms with Gasteiger partial charge < -0.3 is 15.2 Å². The summed E-state index contributed by atoms with van der Waals surface area (Å²) in [6.45, 7) is 7.97. The average Bonchev–Trinajstić information content (AvgIpc) is 2.69. The third-order valence-electron chi connectivity index (χ3n) is 3.19. The van der Waals surface area contributed by atoms with E-state index in [1.807, 2.05) is 39.0 Å². The van der Waals surface area contributed by atoms with E-state index in [4.69, 9.17) is 4.52 Å². The Morgan fingerprint density at radius 3 is 2.60 bits per heavy atom. The second kappa shape index (κ2) is 5.77. The summed E-state index contributed by atoms with van der Waals surface area (Å²) >= 11 is 0. The predicted octanol–water partition coefficient (Wildman–Crippen LogP) is 3.17. The Labute approximate surface area is 118 Å². The first-order valence-electron chi connectivity index (χ1n) is 6.51. The van der Waals surface area contributed by atoms with E-state index < -0.39 is 0 Å². The van der Waals surface area contributed by atoms with Gasteiger partial charge in [-0.1, -0.05) is 5.16 Å². The summed E-state index contributed by atoms with van der Waals surface area (Å²) in [4.78, 5) is 11.1. The highest BCUT2D eigenvalue weighted by Gasteiger charge is 2.08. The van der Waals surface area contributed by atoms with E-state index in [1.54, 1.807) is 0 Å². The number of nitrogens with one attached hydrogen (secondary N) is 2. The van der Waals surface area contributed by atoms with Crippen LogP contribution >= 0.6 is 0 Å². The number of hydrogen-bond donors (Lipinski definition) is 2. The zero-order chi connectivity index (χ0) is 14.7. The first kappa shape index (κ1) is 14.1. The SMILES string of the molecule is CC(=O)Nc1ccc(NCc2c(C)noc2C)cc1C. The van der Waals surface area contributed by atoms with Crippen LogP contribution in [0.3, 0.4) is 0 Å². The van der Waals surface area contributed by atoms with Crippen LogP contribution in [0.4, 0.5) is 11.4 Å². The van der Waals surface area contributed by atoms with Crippen LogP contribution < -0.4 is 10.6 Å². The van der Waals surface area contributed by atoms with Crippen LogP contribution in [0, 0.1) is 20.8 Å². The monoisotopic (exact) mass is 273 g/mol. The lowest BCUT2D eigenvalue weighted by Gasteiger charge is -2.10. The van der Waals surface area contributed by atoms with Crippen molar-refractivity contribution in [3.8, 4) is 0 Å². The number of amides is 1. The Kier molecular flexibility index (Phi) is 4.08. The first-order valence-corrected chi connectivity index (χ1v) is 6.51. The Balaban J connectivity index is 2.07. The Hall–Kier alpha value is -2.30. The highest BCUT2D eigenvalue weighted by Crippen LogP contribution is 2.21. The summed E-state index contributed by atoms with van der Waals surface area (Å²) in [7, 11) is 0. The number of benzene rings is 1. The van der Waals surface area contributed by atoms with Gasteiger partial charge in [0, 0.05) is 30.4 Å². The molecule has 0 saturated carbocycles. The molecule has 106 valence electrons. The smallest absolute Gasteiger partial charge is 0.221 e. The minimum absolute atomic E-state index is 0.0652. The fourth-order valence-corrected chi connectivity index (χ4v) is 2.05. The molecule has 1 amide bonds. The van der Waals surface area contributed by atoms with E-state index in [0.717, 1.165) is 34.0 Å². The summed E-state index contributed by atoms with van der Waals surface area (Å²) in [6, 6.07) is 5.84. The molecular formula is C15H19N3O2. The van der Waals surface area contributed by atoms with Crippen LogP contribution in [-0.2, 0) is 11.3 Å². The highest BCUT2D eigenvalue weighted by atomic mass is 16.5. The molecule has 0 saturated heterocycles. The van der Waals surface area contributed by atoms with Gasteiger partial charge in [-0.05, 0) is 44.5 Å². The molecule has 5 heteroatoms. The summed E-state index contributed by atoms with van der Waals surface area (Å²) < 4.78 is 5.13. The number of aryl methyl sites for hydroxylation is 3. The largest absolute Gasteiger partial charge is 0.381 e.